The average molecular weight is 296 g/mol. The molecule has 0 saturated carbocycles. The molecule has 2 N–H and O–H groups in total. The third-order valence-corrected chi connectivity index (χ3v) is 3.60. The molecule has 1 aliphatic rings. The molecule has 2 rings (SSSR count). The molecule has 0 fully saturated rings. The van der Waals surface area contributed by atoms with Gasteiger partial charge in [-0.2, -0.15) is 0 Å². The molecule has 1 amide bonds. The van der Waals surface area contributed by atoms with Crippen LogP contribution >= 0.6 is 11.6 Å². The molecule has 0 spiro atoms. The number of ether oxygens (including phenoxy) is 1. The van der Waals surface area contributed by atoms with Gasteiger partial charge in [-0.15, -0.1) is 0 Å². The Labute approximate surface area is 123 Å². The summed E-state index contributed by atoms with van der Waals surface area (Å²) in [5.41, 5.74) is 0.412. The van der Waals surface area contributed by atoms with E-state index in [2.05, 4.69) is 5.32 Å². The van der Waals surface area contributed by atoms with Crippen LogP contribution in [0.5, 0.6) is 5.75 Å². The fourth-order valence-corrected chi connectivity index (χ4v) is 1.97. The number of benzene rings is 1. The van der Waals surface area contributed by atoms with Crippen LogP contribution < -0.4 is 10.1 Å². The van der Waals surface area contributed by atoms with E-state index in [1.807, 2.05) is 6.92 Å². The monoisotopic (exact) mass is 295 g/mol. The predicted molar refractivity (Wildman–Crippen MR) is 78.8 cm³/mol. The summed E-state index contributed by atoms with van der Waals surface area (Å²) in [6.45, 7) is 3.98. The summed E-state index contributed by atoms with van der Waals surface area (Å²) in [6.07, 6.45) is 2.34. The van der Waals surface area contributed by atoms with Crippen LogP contribution in [0.1, 0.15) is 25.8 Å². The summed E-state index contributed by atoms with van der Waals surface area (Å²) in [5, 5.41) is 13.2. The second kappa shape index (κ2) is 5.85. The minimum atomic E-state index is -0.896. The van der Waals surface area contributed by atoms with E-state index in [0.29, 0.717) is 22.8 Å². The number of aliphatic hydroxyl groups is 1. The topological polar surface area (TPSA) is 58.6 Å². The van der Waals surface area contributed by atoms with Gasteiger partial charge < -0.3 is 15.2 Å². The molecule has 0 radical (unpaired) electrons. The van der Waals surface area contributed by atoms with Gasteiger partial charge >= 0.3 is 0 Å². The van der Waals surface area contributed by atoms with E-state index in [-0.39, 0.29) is 19.1 Å². The molecular weight excluding hydrogens is 278 g/mol. The van der Waals surface area contributed by atoms with Crippen molar-refractivity contribution in [2.45, 2.75) is 25.9 Å². The lowest BCUT2D eigenvalue weighted by molar-refractivity contribution is -0.118. The number of nitrogens with one attached hydrogen (secondary N) is 1. The minimum absolute atomic E-state index is 0.210. The maximum atomic E-state index is 12.1. The highest BCUT2D eigenvalue weighted by Crippen LogP contribution is 2.28. The molecule has 1 aliphatic heterocycles. The van der Waals surface area contributed by atoms with Crippen molar-refractivity contribution in [3.63, 3.8) is 0 Å². The van der Waals surface area contributed by atoms with Crippen LogP contribution in [0.25, 0.3) is 6.08 Å². The predicted octanol–water partition coefficient (Wildman–Crippen LogP) is 2.39. The molecule has 0 aromatic heterocycles. The summed E-state index contributed by atoms with van der Waals surface area (Å²) in [4.78, 5) is 12.1. The lowest BCUT2D eigenvalue weighted by Crippen LogP contribution is -2.41. The van der Waals surface area contributed by atoms with Gasteiger partial charge in [-0.3, -0.25) is 4.79 Å². The van der Waals surface area contributed by atoms with Crippen molar-refractivity contribution >= 4 is 23.6 Å². The van der Waals surface area contributed by atoms with Gasteiger partial charge in [0.15, 0.2) is 0 Å². The van der Waals surface area contributed by atoms with Crippen molar-refractivity contribution in [2.24, 2.45) is 0 Å². The molecule has 0 saturated heterocycles. The first kappa shape index (κ1) is 14.9. The number of hydrogen-bond acceptors (Lipinski definition) is 3. The largest absolute Gasteiger partial charge is 0.488 e. The second-order valence-corrected chi connectivity index (χ2v) is 5.61. The number of halogens is 1. The Hall–Kier alpha value is -1.52. The molecule has 0 aliphatic carbocycles. The summed E-state index contributed by atoms with van der Waals surface area (Å²) in [6, 6.07) is 5.29. The molecule has 1 unspecified atom stereocenters. The van der Waals surface area contributed by atoms with E-state index in [4.69, 9.17) is 16.3 Å². The van der Waals surface area contributed by atoms with Gasteiger partial charge in [0.1, 0.15) is 12.4 Å². The average Bonchev–Trinajstić information content (AvgIpc) is 2.44. The van der Waals surface area contributed by atoms with Crippen LogP contribution in [-0.4, -0.2) is 29.8 Å². The number of fused-ring (bicyclic) bond motifs is 1. The zero-order chi connectivity index (χ0) is 14.8. The van der Waals surface area contributed by atoms with E-state index >= 15 is 0 Å². The van der Waals surface area contributed by atoms with Crippen molar-refractivity contribution in [1.29, 1.82) is 0 Å². The van der Waals surface area contributed by atoms with E-state index in [9.17, 15) is 9.90 Å². The highest BCUT2D eigenvalue weighted by molar-refractivity contribution is 6.30. The maximum absolute atomic E-state index is 12.1. The Morgan fingerprint density at radius 2 is 2.30 bits per heavy atom. The Bertz CT molecular complexity index is 552. The first-order chi connectivity index (χ1) is 9.41. The third-order valence-electron chi connectivity index (χ3n) is 3.37. The Kier molecular flexibility index (Phi) is 4.35. The molecule has 108 valence electrons. The van der Waals surface area contributed by atoms with Crippen LogP contribution in [0, 0.1) is 0 Å². The fourth-order valence-electron chi connectivity index (χ4n) is 1.79. The molecule has 1 heterocycles. The smallest absolute Gasteiger partial charge is 0.250 e. The zero-order valence-electron chi connectivity index (χ0n) is 11.6. The highest BCUT2D eigenvalue weighted by atomic mass is 35.5. The molecule has 20 heavy (non-hydrogen) atoms. The molecule has 1 aromatic rings. The normalized spacial score (nSPS) is 16.5. The maximum Gasteiger partial charge on any atom is 0.250 e. The van der Waals surface area contributed by atoms with Gasteiger partial charge in [-0.1, -0.05) is 18.5 Å². The van der Waals surface area contributed by atoms with Gasteiger partial charge in [0.2, 0.25) is 0 Å². The quantitative estimate of drug-likeness (QED) is 0.897. The Morgan fingerprint density at radius 1 is 1.55 bits per heavy atom. The van der Waals surface area contributed by atoms with Crippen molar-refractivity contribution in [1.82, 2.24) is 5.32 Å². The molecule has 0 bridgehead atoms. The SMILES string of the molecule is CCC(C)(O)CNC(=O)C1=Cc2cc(Cl)ccc2OC1. The molecule has 5 heteroatoms. The summed E-state index contributed by atoms with van der Waals surface area (Å²) < 4.78 is 5.52. The van der Waals surface area contributed by atoms with Crippen LogP contribution in [0.2, 0.25) is 5.02 Å². The van der Waals surface area contributed by atoms with Crippen molar-refractivity contribution < 1.29 is 14.6 Å². The standard InChI is InChI=1S/C15H18ClNO3/c1-3-15(2,19)9-17-14(18)11-6-10-7-12(16)4-5-13(10)20-8-11/h4-7,19H,3,8-9H2,1-2H3,(H,17,18). The Balaban J connectivity index is 2.08. The van der Waals surface area contributed by atoms with Crippen LogP contribution in [0.3, 0.4) is 0 Å². The van der Waals surface area contributed by atoms with E-state index in [1.165, 1.54) is 0 Å². The second-order valence-electron chi connectivity index (χ2n) is 5.17. The van der Waals surface area contributed by atoms with Gasteiger partial charge in [0.25, 0.3) is 5.91 Å². The van der Waals surface area contributed by atoms with Crippen molar-refractivity contribution in [3.05, 3.63) is 34.4 Å². The molecular formula is C15H18ClNO3. The molecule has 1 atom stereocenters. The minimum Gasteiger partial charge on any atom is -0.488 e. The van der Waals surface area contributed by atoms with E-state index < -0.39 is 5.60 Å². The van der Waals surface area contributed by atoms with Gasteiger partial charge in [0.05, 0.1) is 11.2 Å². The summed E-state index contributed by atoms with van der Waals surface area (Å²) in [5.74, 6) is 0.482. The lowest BCUT2D eigenvalue weighted by Gasteiger charge is -2.23. The van der Waals surface area contributed by atoms with Gasteiger partial charge in [-0.05, 0) is 37.6 Å². The zero-order valence-corrected chi connectivity index (χ0v) is 12.3. The number of carbonyl (C=O) groups is 1. The van der Waals surface area contributed by atoms with Crippen LogP contribution in [0.15, 0.2) is 23.8 Å². The van der Waals surface area contributed by atoms with Crippen LogP contribution in [-0.2, 0) is 4.79 Å². The van der Waals surface area contributed by atoms with Gasteiger partial charge in [0, 0.05) is 17.1 Å². The van der Waals surface area contributed by atoms with Crippen molar-refractivity contribution in [2.75, 3.05) is 13.2 Å². The lowest BCUT2D eigenvalue weighted by atomic mass is 10.0. The highest BCUT2D eigenvalue weighted by Gasteiger charge is 2.21. The van der Waals surface area contributed by atoms with E-state index in [1.54, 1.807) is 31.2 Å². The first-order valence-corrected chi connectivity index (χ1v) is 6.92. The molecule has 1 aromatic carbocycles. The summed E-state index contributed by atoms with van der Waals surface area (Å²) in [7, 11) is 0. The number of carbonyl (C=O) groups excluding carboxylic acids is 1. The van der Waals surface area contributed by atoms with E-state index in [0.717, 1.165) is 5.56 Å². The first-order valence-electron chi connectivity index (χ1n) is 6.55. The number of amides is 1. The van der Waals surface area contributed by atoms with Gasteiger partial charge in [-0.25, -0.2) is 0 Å². The Morgan fingerprint density at radius 3 is 3.00 bits per heavy atom. The number of rotatable bonds is 4. The fraction of sp³-hybridized carbons (Fsp3) is 0.400. The van der Waals surface area contributed by atoms with Crippen molar-refractivity contribution in [3.8, 4) is 5.75 Å². The molecule has 4 nitrogen and oxygen atoms in total. The summed E-state index contributed by atoms with van der Waals surface area (Å²) >= 11 is 5.93. The number of hydrogen-bond donors (Lipinski definition) is 2. The van der Waals surface area contributed by atoms with Crippen LogP contribution in [0.4, 0.5) is 0 Å². The third kappa shape index (κ3) is 3.52.